The fraction of sp³-hybridized carbons (Fsp3) is 0.478. The molecule has 0 amide bonds. The molecule has 4 heterocycles. The van der Waals surface area contributed by atoms with E-state index < -0.39 is 0 Å². The number of pyridine rings is 1. The van der Waals surface area contributed by atoms with Crippen molar-refractivity contribution < 1.29 is 9.53 Å². The van der Waals surface area contributed by atoms with E-state index in [1.807, 2.05) is 24.3 Å². The molecular formula is C23H27N5O2S. The molecule has 7 nitrogen and oxygen atoms in total. The second-order valence-electron chi connectivity index (χ2n) is 8.09. The average Bonchev–Trinajstić information content (AvgIpc) is 3.25. The molecular weight excluding hydrogens is 410 g/mol. The van der Waals surface area contributed by atoms with Crippen molar-refractivity contribution in [1.82, 2.24) is 15.0 Å². The maximum absolute atomic E-state index is 11.9. The van der Waals surface area contributed by atoms with Gasteiger partial charge in [-0.25, -0.2) is 19.7 Å². The molecule has 2 aliphatic rings. The van der Waals surface area contributed by atoms with E-state index in [0.717, 1.165) is 61.3 Å². The summed E-state index contributed by atoms with van der Waals surface area (Å²) in [4.78, 5) is 33.4. The van der Waals surface area contributed by atoms with Crippen molar-refractivity contribution in [1.29, 1.82) is 0 Å². The predicted octanol–water partition coefficient (Wildman–Crippen LogP) is 3.78. The maximum atomic E-state index is 11.9. The van der Waals surface area contributed by atoms with E-state index in [4.69, 9.17) is 14.7 Å². The first-order chi connectivity index (χ1) is 15.1. The highest BCUT2D eigenvalue weighted by Gasteiger charge is 2.26. The highest BCUT2D eigenvalue weighted by atomic mass is 32.1. The highest BCUT2D eigenvalue weighted by molar-refractivity contribution is 7.19. The maximum Gasteiger partial charge on any atom is 0.339 e. The lowest BCUT2D eigenvalue weighted by Crippen LogP contribution is -2.32. The molecule has 1 aliphatic heterocycles. The summed E-state index contributed by atoms with van der Waals surface area (Å²) in [6.07, 6.45) is 6.20. The Kier molecular flexibility index (Phi) is 5.48. The quantitative estimate of drug-likeness (QED) is 0.575. The lowest BCUT2D eigenvalue weighted by atomic mass is 10.1. The largest absolute Gasteiger partial charge is 0.462 e. The molecule has 0 spiro atoms. The van der Waals surface area contributed by atoms with Crippen LogP contribution in [0.4, 0.5) is 11.6 Å². The van der Waals surface area contributed by atoms with Gasteiger partial charge in [0.1, 0.15) is 22.3 Å². The molecule has 0 unspecified atom stereocenters. The van der Waals surface area contributed by atoms with Crippen molar-refractivity contribution in [2.75, 3.05) is 42.6 Å². The summed E-state index contributed by atoms with van der Waals surface area (Å²) < 4.78 is 5.06. The van der Waals surface area contributed by atoms with Gasteiger partial charge >= 0.3 is 5.97 Å². The number of ether oxygens (including phenoxy) is 1. The third kappa shape index (κ3) is 3.84. The zero-order valence-electron chi connectivity index (χ0n) is 18.1. The zero-order valence-corrected chi connectivity index (χ0v) is 18.9. The Labute approximate surface area is 186 Å². The summed E-state index contributed by atoms with van der Waals surface area (Å²) in [5, 5.41) is 1.29. The molecule has 0 N–H and O–H groups in total. The number of rotatable bonds is 4. The third-order valence-electron chi connectivity index (χ3n) is 6.04. The Hall–Kier alpha value is -2.74. The smallest absolute Gasteiger partial charge is 0.339 e. The Morgan fingerprint density at radius 3 is 2.74 bits per heavy atom. The molecule has 1 fully saturated rings. The summed E-state index contributed by atoms with van der Waals surface area (Å²) in [6.45, 7) is 7.81. The number of thiophene rings is 1. The molecule has 0 radical (unpaired) electrons. The Bertz CT molecular complexity index is 1110. The SMILES string of the molecule is CCOC(=O)c1ccc(N2CCCN(c3nc(C)nc4sc5c(c34)CCC5)CC2)nc1. The first kappa shape index (κ1) is 20.2. The van der Waals surface area contributed by atoms with Crippen molar-refractivity contribution in [3.8, 4) is 0 Å². The van der Waals surface area contributed by atoms with Crippen molar-refractivity contribution in [2.45, 2.75) is 39.5 Å². The Morgan fingerprint density at radius 1 is 1.10 bits per heavy atom. The van der Waals surface area contributed by atoms with Crippen LogP contribution >= 0.6 is 11.3 Å². The minimum Gasteiger partial charge on any atom is -0.462 e. The second-order valence-corrected chi connectivity index (χ2v) is 9.17. The number of carbonyl (C=O) groups is 1. The van der Waals surface area contributed by atoms with Gasteiger partial charge in [0, 0.05) is 37.3 Å². The summed E-state index contributed by atoms with van der Waals surface area (Å²) in [5.41, 5.74) is 1.97. The molecule has 0 bridgehead atoms. The van der Waals surface area contributed by atoms with Gasteiger partial charge in [0.25, 0.3) is 0 Å². The van der Waals surface area contributed by atoms with Crippen LogP contribution in [0, 0.1) is 6.92 Å². The summed E-state index contributed by atoms with van der Waals surface area (Å²) >= 11 is 1.85. The molecule has 8 heteroatoms. The molecule has 31 heavy (non-hydrogen) atoms. The van der Waals surface area contributed by atoms with Gasteiger partial charge in [-0.3, -0.25) is 0 Å². The molecule has 3 aromatic heterocycles. The number of aryl methyl sites for hydroxylation is 3. The number of nitrogens with zero attached hydrogens (tertiary/aromatic N) is 5. The van der Waals surface area contributed by atoms with E-state index in [-0.39, 0.29) is 5.97 Å². The van der Waals surface area contributed by atoms with Crippen LogP contribution in [0.3, 0.4) is 0 Å². The van der Waals surface area contributed by atoms with Crippen molar-refractivity contribution >= 4 is 39.2 Å². The van der Waals surface area contributed by atoms with E-state index in [2.05, 4.69) is 14.8 Å². The lowest BCUT2D eigenvalue weighted by molar-refractivity contribution is 0.0526. The van der Waals surface area contributed by atoms with Gasteiger partial charge < -0.3 is 14.5 Å². The van der Waals surface area contributed by atoms with Gasteiger partial charge in [0.15, 0.2) is 0 Å². The van der Waals surface area contributed by atoms with E-state index >= 15 is 0 Å². The van der Waals surface area contributed by atoms with Crippen LogP contribution in [0.2, 0.25) is 0 Å². The first-order valence-corrected chi connectivity index (χ1v) is 11.9. The minimum absolute atomic E-state index is 0.324. The van der Waals surface area contributed by atoms with Gasteiger partial charge in [0.2, 0.25) is 0 Å². The van der Waals surface area contributed by atoms with Gasteiger partial charge in [0.05, 0.1) is 17.6 Å². The highest BCUT2D eigenvalue weighted by Crippen LogP contribution is 2.40. The predicted molar refractivity (Wildman–Crippen MR) is 123 cm³/mol. The van der Waals surface area contributed by atoms with E-state index in [1.165, 1.54) is 28.7 Å². The number of hydrogen-bond acceptors (Lipinski definition) is 8. The van der Waals surface area contributed by atoms with Crippen molar-refractivity contribution in [2.24, 2.45) is 0 Å². The van der Waals surface area contributed by atoms with E-state index in [1.54, 1.807) is 19.2 Å². The van der Waals surface area contributed by atoms with Crippen molar-refractivity contribution in [3.05, 3.63) is 40.2 Å². The van der Waals surface area contributed by atoms with Crippen LogP contribution in [-0.4, -0.2) is 53.7 Å². The molecule has 0 aromatic carbocycles. The van der Waals surface area contributed by atoms with Crippen molar-refractivity contribution in [3.63, 3.8) is 0 Å². The van der Waals surface area contributed by atoms with Crippen LogP contribution in [0.25, 0.3) is 10.2 Å². The summed E-state index contributed by atoms with van der Waals surface area (Å²) in [5.74, 6) is 2.53. The lowest BCUT2D eigenvalue weighted by Gasteiger charge is -2.24. The summed E-state index contributed by atoms with van der Waals surface area (Å²) in [7, 11) is 0. The van der Waals surface area contributed by atoms with Crippen LogP contribution in [-0.2, 0) is 17.6 Å². The topological polar surface area (TPSA) is 71.5 Å². The van der Waals surface area contributed by atoms with Gasteiger partial charge in [-0.1, -0.05) is 0 Å². The van der Waals surface area contributed by atoms with Crippen LogP contribution in [0.5, 0.6) is 0 Å². The minimum atomic E-state index is -0.324. The Morgan fingerprint density at radius 2 is 1.94 bits per heavy atom. The van der Waals surface area contributed by atoms with Gasteiger partial charge in [-0.15, -0.1) is 11.3 Å². The average molecular weight is 438 g/mol. The van der Waals surface area contributed by atoms with E-state index in [0.29, 0.717) is 12.2 Å². The molecule has 1 aliphatic carbocycles. The molecule has 0 saturated carbocycles. The van der Waals surface area contributed by atoms with Crippen LogP contribution in [0.15, 0.2) is 18.3 Å². The number of fused-ring (bicyclic) bond motifs is 3. The standard InChI is InChI=1S/C23H27N5O2S/c1-3-30-23(29)16-8-9-19(24-14-16)27-10-5-11-28(13-12-27)21-20-17-6-4-7-18(17)31-22(20)26-15(2)25-21/h8-9,14H,3-7,10-13H2,1-2H3. The second kappa shape index (κ2) is 8.42. The number of aromatic nitrogens is 3. The van der Waals surface area contributed by atoms with E-state index in [9.17, 15) is 4.79 Å². The molecule has 3 aromatic rings. The van der Waals surface area contributed by atoms with Gasteiger partial charge in [-0.2, -0.15) is 0 Å². The normalized spacial score (nSPS) is 16.5. The van der Waals surface area contributed by atoms with Gasteiger partial charge in [-0.05, 0) is 57.2 Å². The fourth-order valence-corrected chi connectivity index (χ4v) is 5.88. The zero-order chi connectivity index (χ0) is 21.4. The van der Waals surface area contributed by atoms with Crippen LogP contribution in [0.1, 0.15) is 46.4 Å². The number of hydrogen-bond donors (Lipinski definition) is 0. The molecule has 162 valence electrons. The number of esters is 1. The molecule has 5 rings (SSSR count). The summed E-state index contributed by atoms with van der Waals surface area (Å²) in [6, 6.07) is 3.72. The molecule has 1 saturated heterocycles. The molecule has 0 atom stereocenters. The van der Waals surface area contributed by atoms with Crippen LogP contribution < -0.4 is 9.80 Å². The number of carbonyl (C=O) groups excluding carboxylic acids is 1. The fourth-order valence-electron chi connectivity index (χ4n) is 4.58. The Balaban J connectivity index is 1.37. The monoisotopic (exact) mass is 437 g/mol. The third-order valence-corrected chi connectivity index (χ3v) is 7.22. The first-order valence-electron chi connectivity index (χ1n) is 11.1. The number of anilines is 2.